The first-order chi connectivity index (χ1) is 12.9. The predicted octanol–water partition coefficient (Wildman–Crippen LogP) is 1.13. The van der Waals surface area contributed by atoms with E-state index in [1.807, 2.05) is 0 Å². The fraction of sp³-hybridized carbons (Fsp3) is 0.556. The number of aliphatic hydroxyl groups excluding tert-OH is 1. The smallest absolute Gasteiger partial charge is 0.246 e. The molecule has 1 atom stereocenters. The van der Waals surface area contributed by atoms with E-state index in [0.29, 0.717) is 19.4 Å². The van der Waals surface area contributed by atoms with Gasteiger partial charge >= 0.3 is 0 Å². The van der Waals surface area contributed by atoms with Crippen molar-refractivity contribution in [1.82, 2.24) is 4.31 Å². The van der Waals surface area contributed by atoms with Crippen LogP contribution in [0.1, 0.15) is 32.1 Å². The van der Waals surface area contributed by atoms with E-state index in [2.05, 4.69) is 0 Å². The van der Waals surface area contributed by atoms with Gasteiger partial charge in [-0.15, -0.1) is 0 Å². The average molecular weight is 396 g/mol. The van der Waals surface area contributed by atoms with Crippen LogP contribution in [-0.4, -0.2) is 56.5 Å². The lowest BCUT2D eigenvalue weighted by molar-refractivity contribution is -0.129. The molecule has 0 aromatic heterocycles. The van der Waals surface area contributed by atoms with E-state index >= 15 is 0 Å². The number of benzene rings is 1. The van der Waals surface area contributed by atoms with Crippen LogP contribution in [0, 0.1) is 5.92 Å². The van der Waals surface area contributed by atoms with Crippen LogP contribution >= 0.6 is 0 Å². The number of imide groups is 1. The largest absolute Gasteiger partial charge is 0.495 e. The van der Waals surface area contributed by atoms with Crippen LogP contribution in [0.25, 0.3) is 0 Å². The summed E-state index contributed by atoms with van der Waals surface area (Å²) in [6, 6.07) is 4.31. The molecule has 0 saturated carbocycles. The van der Waals surface area contributed by atoms with Gasteiger partial charge in [-0.3, -0.25) is 14.5 Å². The number of nitrogens with zero attached hydrogens (tertiary/aromatic N) is 2. The zero-order valence-electron chi connectivity index (χ0n) is 15.3. The highest BCUT2D eigenvalue weighted by atomic mass is 32.2. The number of carbonyl (C=O) groups is 2. The topological polar surface area (TPSA) is 104 Å². The molecule has 2 amide bonds. The molecule has 2 aliphatic heterocycles. The van der Waals surface area contributed by atoms with E-state index in [1.54, 1.807) is 0 Å². The number of hydrogen-bond donors (Lipinski definition) is 1. The Hall–Kier alpha value is -1.97. The van der Waals surface area contributed by atoms with Crippen LogP contribution in [0.4, 0.5) is 5.69 Å². The zero-order valence-corrected chi connectivity index (χ0v) is 16.1. The number of aliphatic hydroxyl groups is 1. The number of rotatable bonds is 5. The van der Waals surface area contributed by atoms with Crippen molar-refractivity contribution in [3.8, 4) is 5.75 Å². The van der Waals surface area contributed by atoms with Gasteiger partial charge in [0.2, 0.25) is 21.8 Å². The lowest BCUT2D eigenvalue weighted by Gasteiger charge is -2.32. The molecule has 27 heavy (non-hydrogen) atoms. The van der Waals surface area contributed by atoms with Gasteiger partial charge in [0, 0.05) is 32.5 Å². The molecule has 9 heteroatoms. The number of piperidine rings is 2. The minimum atomic E-state index is -3.90. The molecule has 2 heterocycles. The van der Waals surface area contributed by atoms with Gasteiger partial charge in [-0.2, -0.15) is 4.31 Å². The van der Waals surface area contributed by atoms with Crippen LogP contribution < -0.4 is 9.64 Å². The highest BCUT2D eigenvalue weighted by Gasteiger charge is 2.34. The molecule has 0 bridgehead atoms. The molecular weight excluding hydrogens is 372 g/mol. The normalized spacial score (nSPS) is 22.1. The monoisotopic (exact) mass is 396 g/mol. The summed E-state index contributed by atoms with van der Waals surface area (Å²) in [6.07, 6.45) is 2.45. The molecule has 148 valence electrons. The molecule has 1 unspecified atom stereocenters. The van der Waals surface area contributed by atoms with E-state index in [1.165, 1.54) is 29.6 Å². The second-order valence-corrected chi connectivity index (χ2v) is 8.77. The van der Waals surface area contributed by atoms with Crippen LogP contribution in [0.5, 0.6) is 5.75 Å². The molecule has 0 spiro atoms. The Kier molecular flexibility index (Phi) is 5.83. The molecule has 8 nitrogen and oxygen atoms in total. The molecule has 1 N–H and O–H groups in total. The second kappa shape index (κ2) is 7.95. The van der Waals surface area contributed by atoms with Crippen LogP contribution in [0.15, 0.2) is 23.1 Å². The van der Waals surface area contributed by atoms with E-state index < -0.39 is 10.0 Å². The van der Waals surface area contributed by atoms with Crippen LogP contribution in [0.2, 0.25) is 0 Å². The Balaban J connectivity index is 2.00. The van der Waals surface area contributed by atoms with E-state index in [4.69, 9.17) is 4.74 Å². The Bertz CT molecular complexity index is 822. The minimum Gasteiger partial charge on any atom is -0.495 e. The first-order valence-corrected chi connectivity index (χ1v) is 10.5. The van der Waals surface area contributed by atoms with Crippen molar-refractivity contribution in [2.45, 2.75) is 37.0 Å². The first-order valence-electron chi connectivity index (χ1n) is 9.03. The van der Waals surface area contributed by atoms with Gasteiger partial charge in [0.1, 0.15) is 10.6 Å². The fourth-order valence-corrected chi connectivity index (χ4v) is 5.31. The van der Waals surface area contributed by atoms with Gasteiger partial charge < -0.3 is 9.84 Å². The molecule has 0 radical (unpaired) electrons. The number of hydrogen-bond acceptors (Lipinski definition) is 6. The van der Waals surface area contributed by atoms with Gasteiger partial charge in [0.15, 0.2) is 0 Å². The molecule has 0 aliphatic carbocycles. The summed E-state index contributed by atoms with van der Waals surface area (Å²) in [7, 11) is -2.52. The summed E-state index contributed by atoms with van der Waals surface area (Å²) in [5.41, 5.74) is 0.236. The second-order valence-electron chi connectivity index (χ2n) is 6.87. The summed E-state index contributed by atoms with van der Waals surface area (Å²) in [4.78, 5) is 25.4. The fourth-order valence-electron chi connectivity index (χ4n) is 3.58. The van der Waals surface area contributed by atoms with Gasteiger partial charge in [-0.25, -0.2) is 8.42 Å². The number of sulfonamides is 1. The molecule has 1 aromatic carbocycles. The number of methoxy groups -OCH3 is 1. The summed E-state index contributed by atoms with van der Waals surface area (Å²) in [5, 5.41) is 9.39. The zero-order chi connectivity index (χ0) is 19.6. The number of amides is 2. The Labute approximate surface area is 158 Å². The van der Waals surface area contributed by atoms with Gasteiger partial charge in [0.05, 0.1) is 12.8 Å². The minimum absolute atomic E-state index is 0.0695. The van der Waals surface area contributed by atoms with Crippen molar-refractivity contribution in [3.63, 3.8) is 0 Å². The molecule has 2 saturated heterocycles. The van der Waals surface area contributed by atoms with E-state index in [0.717, 1.165) is 11.3 Å². The van der Waals surface area contributed by atoms with E-state index in [-0.39, 0.29) is 60.1 Å². The Morgan fingerprint density at radius 2 is 1.89 bits per heavy atom. The molecular formula is C18H24N2O6S. The van der Waals surface area contributed by atoms with Gasteiger partial charge in [-0.05, 0) is 43.4 Å². The molecule has 2 aliphatic rings. The molecule has 3 rings (SSSR count). The Morgan fingerprint density at radius 1 is 1.19 bits per heavy atom. The number of ether oxygens (including phenoxy) is 1. The third-order valence-electron chi connectivity index (χ3n) is 5.04. The third-order valence-corrected chi connectivity index (χ3v) is 6.93. The average Bonchev–Trinajstić information content (AvgIpc) is 2.67. The maximum atomic E-state index is 13.2. The highest BCUT2D eigenvalue weighted by molar-refractivity contribution is 7.89. The number of carbonyl (C=O) groups excluding carboxylic acids is 2. The van der Waals surface area contributed by atoms with Crippen molar-refractivity contribution in [2.24, 2.45) is 5.92 Å². The lowest BCUT2D eigenvalue weighted by Crippen LogP contribution is -2.41. The standard InChI is InChI=1S/C18H24N2O6S/c1-26-15-8-7-14(20-17(22)5-2-6-18(20)23)10-16(15)27(24,25)19-9-3-4-13(11-19)12-21/h7-8,10,13,21H,2-6,9,11-12H2,1H3. The first kappa shape index (κ1) is 19.8. The van der Waals surface area contributed by atoms with Crippen molar-refractivity contribution in [2.75, 3.05) is 31.7 Å². The van der Waals surface area contributed by atoms with Crippen LogP contribution in [-0.2, 0) is 19.6 Å². The summed E-state index contributed by atoms with van der Waals surface area (Å²) < 4.78 is 33.0. The van der Waals surface area contributed by atoms with Crippen molar-refractivity contribution >= 4 is 27.5 Å². The van der Waals surface area contributed by atoms with E-state index in [9.17, 15) is 23.1 Å². The van der Waals surface area contributed by atoms with Crippen LogP contribution in [0.3, 0.4) is 0 Å². The molecule has 1 aromatic rings. The lowest BCUT2D eigenvalue weighted by atomic mass is 10.0. The maximum Gasteiger partial charge on any atom is 0.246 e. The SMILES string of the molecule is COc1ccc(N2C(=O)CCCC2=O)cc1S(=O)(=O)N1CCCC(CO)C1. The third kappa shape index (κ3) is 3.85. The predicted molar refractivity (Wildman–Crippen MR) is 97.9 cm³/mol. The summed E-state index contributed by atoms with van der Waals surface area (Å²) in [5.74, 6) is -0.620. The van der Waals surface area contributed by atoms with Crippen molar-refractivity contribution < 1.29 is 27.9 Å². The van der Waals surface area contributed by atoms with Crippen molar-refractivity contribution in [3.05, 3.63) is 18.2 Å². The highest BCUT2D eigenvalue weighted by Crippen LogP contribution is 2.34. The summed E-state index contributed by atoms with van der Waals surface area (Å²) >= 11 is 0. The van der Waals surface area contributed by atoms with Gasteiger partial charge in [-0.1, -0.05) is 0 Å². The Morgan fingerprint density at radius 3 is 2.52 bits per heavy atom. The maximum absolute atomic E-state index is 13.2. The molecule has 2 fully saturated rings. The number of anilines is 1. The summed E-state index contributed by atoms with van der Waals surface area (Å²) in [6.45, 7) is 0.515. The van der Waals surface area contributed by atoms with Crippen molar-refractivity contribution in [1.29, 1.82) is 0 Å². The van der Waals surface area contributed by atoms with Gasteiger partial charge in [0.25, 0.3) is 0 Å². The quantitative estimate of drug-likeness (QED) is 0.749.